The van der Waals surface area contributed by atoms with Crippen molar-refractivity contribution >= 4 is 11.9 Å². The number of hydrogen-bond donors (Lipinski definition) is 2. The Hall–Kier alpha value is -1.06. The largest absolute Gasteiger partial charge is 0.480 e. The number of carboxylic acids is 1. The first-order valence-electron chi connectivity index (χ1n) is 5.99. The summed E-state index contributed by atoms with van der Waals surface area (Å²) in [6.07, 6.45) is 5.10. The molecule has 0 bridgehead atoms. The van der Waals surface area contributed by atoms with Crippen LogP contribution in [0.4, 0.5) is 0 Å². The van der Waals surface area contributed by atoms with Gasteiger partial charge in [0.25, 0.3) is 0 Å². The minimum Gasteiger partial charge on any atom is -0.480 e. The molecule has 1 rings (SSSR count). The molecule has 0 aromatic rings. The highest BCUT2D eigenvalue weighted by Gasteiger charge is 2.25. The normalized spacial score (nSPS) is 27.1. The fourth-order valence-electron chi connectivity index (χ4n) is 2.36. The van der Waals surface area contributed by atoms with Crippen LogP contribution in [0.2, 0.25) is 0 Å². The lowest BCUT2D eigenvalue weighted by atomic mass is 9.80. The molecule has 1 amide bonds. The molecule has 1 unspecified atom stereocenters. The Balaban J connectivity index is 2.42. The molecule has 4 heteroatoms. The van der Waals surface area contributed by atoms with Gasteiger partial charge in [0.2, 0.25) is 5.91 Å². The Morgan fingerprint density at radius 1 is 1.31 bits per heavy atom. The number of hydrogen-bond acceptors (Lipinski definition) is 2. The van der Waals surface area contributed by atoms with Crippen molar-refractivity contribution < 1.29 is 14.7 Å². The first kappa shape index (κ1) is 13.0. The summed E-state index contributed by atoms with van der Waals surface area (Å²) in [7, 11) is 0. The lowest BCUT2D eigenvalue weighted by Gasteiger charge is -2.28. The van der Waals surface area contributed by atoms with E-state index < -0.39 is 12.0 Å². The third-order valence-electron chi connectivity index (χ3n) is 3.38. The number of rotatable bonds is 4. The summed E-state index contributed by atoms with van der Waals surface area (Å²) in [5.74, 6) is 0.0230. The maximum atomic E-state index is 11.0. The van der Waals surface area contributed by atoms with Crippen molar-refractivity contribution in [2.24, 2.45) is 11.8 Å². The Morgan fingerprint density at radius 3 is 2.31 bits per heavy atom. The average Bonchev–Trinajstić information content (AvgIpc) is 2.19. The van der Waals surface area contributed by atoms with Crippen molar-refractivity contribution in [3.63, 3.8) is 0 Å². The van der Waals surface area contributed by atoms with Gasteiger partial charge in [0.15, 0.2) is 0 Å². The van der Waals surface area contributed by atoms with Gasteiger partial charge in [-0.1, -0.05) is 32.6 Å². The summed E-state index contributed by atoms with van der Waals surface area (Å²) < 4.78 is 0. The minimum atomic E-state index is -0.922. The van der Waals surface area contributed by atoms with Crippen LogP contribution in [0.5, 0.6) is 0 Å². The minimum absolute atomic E-state index is 0.267. The van der Waals surface area contributed by atoms with Crippen molar-refractivity contribution in [2.45, 2.75) is 52.0 Å². The quantitative estimate of drug-likeness (QED) is 0.769. The molecule has 2 N–H and O–H groups in total. The highest BCUT2D eigenvalue weighted by atomic mass is 16.4. The zero-order valence-corrected chi connectivity index (χ0v) is 10.0. The van der Waals surface area contributed by atoms with E-state index in [0.29, 0.717) is 12.3 Å². The van der Waals surface area contributed by atoms with Gasteiger partial charge in [-0.15, -0.1) is 0 Å². The number of carbonyl (C=O) groups excluding carboxylic acids is 1. The van der Waals surface area contributed by atoms with Crippen molar-refractivity contribution in [3.05, 3.63) is 0 Å². The van der Waals surface area contributed by atoms with Crippen LogP contribution in [-0.4, -0.2) is 23.0 Å². The van der Waals surface area contributed by atoms with E-state index in [1.54, 1.807) is 0 Å². The van der Waals surface area contributed by atoms with Crippen molar-refractivity contribution in [1.82, 2.24) is 5.32 Å². The van der Waals surface area contributed by atoms with Crippen LogP contribution < -0.4 is 5.32 Å². The van der Waals surface area contributed by atoms with Crippen LogP contribution >= 0.6 is 0 Å². The summed E-state index contributed by atoms with van der Waals surface area (Å²) in [6.45, 7) is 3.59. The van der Waals surface area contributed by atoms with E-state index in [-0.39, 0.29) is 5.91 Å². The molecule has 0 aromatic carbocycles. The van der Waals surface area contributed by atoms with E-state index in [9.17, 15) is 9.59 Å². The van der Waals surface area contributed by atoms with Gasteiger partial charge in [-0.2, -0.15) is 0 Å². The van der Waals surface area contributed by atoms with Crippen molar-refractivity contribution in [2.75, 3.05) is 0 Å². The van der Waals surface area contributed by atoms with Crippen LogP contribution in [0.15, 0.2) is 0 Å². The number of aliphatic carboxylic acids is 1. The number of carbonyl (C=O) groups is 2. The Morgan fingerprint density at radius 2 is 1.88 bits per heavy atom. The van der Waals surface area contributed by atoms with Gasteiger partial charge in [0.1, 0.15) is 6.04 Å². The van der Waals surface area contributed by atoms with Crippen LogP contribution in [0.1, 0.15) is 46.0 Å². The molecule has 1 saturated carbocycles. The maximum Gasteiger partial charge on any atom is 0.326 e. The smallest absolute Gasteiger partial charge is 0.326 e. The lowest BCUT2D eigenvalue weighted by Crippen LogP contribution is -2.41. The summed E-state index contributed by atoms with van der Waals surface area (Å²) in [5, 5.41) is 11.5. The summed E-state index contributed by atoms with van der Waals surface area (Å²) in [4.78, 5) is 21.8. The third kappa shape index (κ3) is 4.21. The molecular weight excluding hydrogens is 206 g/mol. The Kier molecular flexibility index (Phi) is 4.77. The van der Waals surface area contributed by atoms with Gasteiger partial charge in [0, 0.05) is 6.92 Å². The fraction of sp³-hybridized carbons (Fsp3) is 0.833. The molecule has 1 atom stereocenters. The number of carboxylic acid groups (broad SMARTS) is 1. The first-order chi connectivity index (χ1) is 7.49. The average molecular weight is 227 g/mol. The second kappa shape index (κ2) is 5.87. The van der Waals surface area contributed by atoms with E-state index in [4.69, 9.17) is 5.11 Å². The van der Waals surface area contributed by atoms with E-state index in [0.717, 1.165) is 18.8 Å². The summed E-state index contributed by atoms with van der Waals surface area (Å²) in [5.41, 5.74) is 0. The van der Waals surface area contributed by atoms with Crippen molar-refractivity contribution in [1.29, 1.82) is 0 Å². The molecule has 1 aliphatic carbocycles. The summed E-state index contributed by atoms with van der Waals surface area (Å²) >= 11 is 0. The zero-order valence-electron chi connectivity index (χ0n) is 10.0. The molecule has 0 aliphatic heterocycles. The molecule has 4 nitrogen and oxygen atoms in total. The molecule has 92 valence electrons. The molecule has 0 aromatic heterocycles. The number of amides is 1. The molecular formula is C12H21NO3. The number of nitrogens with one attached hydrogen (secondary N) is 1. The molecule has 0 saturated heterocycles. The van der Waals surface area contributed by atoms with Crippen LogP contribution in [-0.2, 0) is 9.59 Å². The van der Waals surface area contributed by atoms with E-state index in [2.05, 4.69) is 12.2 Å². The van der Waals surface area contributed by atoms with Crippen molar-refractivity contribution in [3.8, 4) is 0 Å². The van der Waals surface area contributed by atoms with Gasteiger partial charge in [-0.25, -0.2) is 4.79 Å². The zero-order chi connectivity index (χ0) is 12.1. The summed E-state index contributed by atoms with van der Waals surface area (Å²) in [6, 6.07) is -0.712. The third-order valence-corrected chi connectivity index (χ3v) is 3.38. The standard InChI is InChI=1S/C12H21NO3/c1-8-3-5-10(6-4-8)7-11(12(15)16)13-9(2)14/h8,10-11H,3-7H2,1-2H3,(H,13,14)(H,15,16). The fourth-order valence-corrected chi connectivity index (χ4v) is 2.36. The van der Waals surface area contributed by atoms with Gasteiger partial charge in [-0.3, -0.25) is 4.79 Å². The predicted octanol–water partition coefficient (Wildman–Crippen LogP) is 1.79. The predicted molar refractivity (Wildman–Crippen MR) is 61.0 cm³/mol. The second-order valence-electron chi connectivity index (χ2n) is 4.95. The van der Waals surface area contributed by atoms with E-state index in [1.807, 2.05) is 0 Å². The lowest BCUT2D eigenvalue weighted by molar-refractivity contribution is -0.142. The van der Waals surface area contributed by atoms with Gasteiger partial charge < -0.3 is 10.4 Å². The highest BCUT2D eigenvalue weighted by Crippen LogP contribution is 2.31. The molecule has 1 fully saturated rings. The van der Waals surface area contributed by atoms with Crippen LogP contribution in [0.3, 0.4) is 0 Å². The molecule has 0 spiro atoms. The van der Waals surface area contributed by atoms with E-state index >= 15 is 0 Å². The first-order valence-corrected chi connectivity index (χ1v) is 5.99. The maximum absolute atomic E-state index is 11.0. The molecule has 0 radical (unpaired) electrons. The highest BCUT2D eigenvalue weighted by molar-refractivity contribution is 5.82. The molecule has 1 aliphatic rings. The SMILES string of the molecule is CC(=O)NC(CC1CCC(C)CC1)C(=O)O. The van der Waals surface area contributed by atoms with Crippen LogP contribution in [0, 0.1) is 11.8 Å². The molecule has 16 heavy (non-hydrogen) atoms. The molecule has 0 heterocycles. The van der Waals surface area contributed by atoms with Crippen LogP contribution in [0.25, 0.3) is 0 Å². The Labute approximate surface area is 96.4 Å². The monoisotopic (exact) mass is 227 g/mol. The second-order valence-corrected chi connectivity index (χ2v) is 4.95. The van der Waals surface area contributed by atoms with Gasteiger partial charge in [-0.05, 0) is 18.3 Å². The Bertz CT molecular complexity index is 257. The van der Waals surface area contributed by atoms with Gasteiger partial charge in [0.05, 0.1) is 0 Å². The van der Waals surface area contributed by atoms with E-state index in [1.165, 1.54) is 19.8 Å². The topological polar surface area (TPSA) is 66.4 Å². The van der Waals surface area contributed by atoms with Gasteiger partial charge >= 0.3 is 5.97 Å².